The number of carbonyl (C=O) groups is 2. The lowest BCUT2D eigenvalue weighted by molar-refractivity contribution is -0.132. The molecule has 1 aliphatic rings. The average molecular weight is 269 g/mol. The van der Waals surface area contributed by atoms with Crippen molar-refractivity contribution in [1.82, 2.24) is 15.5 Å². The maximum atomic E-state index is 11.9. The zero-order valence-electron chi connectivity index (χ0n) is 12.2. The molecule has 0 aromatic heterocycles. The van der Waals surface area contributed by atoms with E-state index >= 15 is 0 Å². The first-order chi connectivity index (χ1) is 9.15. The summed E-state index contributed by atoms with van der Waals surface area (Å²) in [5, 5.41) is 5.94. The highest BCUT2D eigenvalue weighted by Crippen LogP contribution is 2.09. The van der Waals surface area contributed by atoms with Crippen LogP contribution in [0.2, 0.25) is 0 Å². The third-order valence-electron chi connectivity index (χ3n) is 3.44. The number of piperidine rings is 1. The van der Waals surface area contributed by atoms with E-state index in [4.69, 9.17) is 0 Å². The zero-order chi connectivity index (χ0) is 14.1. The molecule has 0 aliphatic carbocycles. The van der Waals surface area contributed by atoms with Crippen LogP contribution in [0.25, 0.3) is 0 Å². The van der Waals surface area contributed by atoms with Gasteiger partial charge in [-0.3, -0.25) is 9.59 Å². The third-order valence-corrected chi connectivity index (χ3v) is 3.44. The highest BCUT2D eigenvalue weighted by molar-refractivity contribution is 5.81. The van der Waals surface area contributed by atoms with Gasteiger partial charge >= 0.3 is 0 Å². The van der Waals surface area contributed by atoms with Crippen molar-refractivity contribution in [2.75, 3.05) is 26.2 Å². The van der Waals surface area contributed by atoms with Crippen molar-refractivity contribution in [3.63, 3.8) is 0 Å². The van der Waals surface area contributed by atoms with Crippen LogP contribution in [0, 0.1) is 0 Å². The smallest absolute Gasteiger partial charge is 0.236 e. The number of amides is 2. The predicted octanol–water partition coefficient (Wildman–Crippen LogP) is 0.893. The van der Waals surface area contributed by atoms with Crippen LogP contribution in [0.1, 0.15) is 46.0 Å². The molecule has 1 aliphatic heterocycles. The normalized spacial score (nSPS) is 17.1. The number of hydrogen-bond acceptors (Lipinski definition) is 3. The Morgan fingerprint density at radius 3 is 2.47 bits per heavy atom. The van der Waals surface area contributed by atoms with Gasteiger partial charge in [0.1, 0.15) is 0 Å². The highest BCUT2D eigenvalue weighted by Gasteiger charge is 2.17. The molecule has 0 aromatic carbocycles. The van der Waals surface area contributed by atoms with Gasteiger partial charge in [0, 0.05) is 32.6 Å². The molecular weight excluding hydrogens is 242 g/mol. The summed E-state index contributed by atoms with van der Waals surface area (Å²) in [6.07, 6.45) is 4.89. The molecule has 1 atom stereocenters. The summed E-state index contributed by atoms with van der Waals surface area (Å²) in [7, 11) is 0. The van der Waals surface area contributed by atoms with Crippen LogP contribution in [0.15, 0.2) is 0 Å². The maximum Gasteiger partial charge on any atom is 0.236 e. The molecule has 1 heterocycles. The van der Waals surface area contributed by atoms with E-state index in [2.05, 4.69) is 10.6 Å². The Balaban J connectivity index is 2.14. The molecule has 0 saturated carbocycles. The highest BCUT2D eigenvalue weighted by atomic mass is 16.2. The molecule has 110 valence electrons. The summed E-state index contributed by atoms with van der Waals surface area (Å²) in [5.41, 5.74) is 0. The molecule has 0 radical (unpaired) electrons. The van der Waals surface area contributed by atoms with E-state index in [-0.39, 0.29) is 17.9 Å². The quantitative estimate of drug-likeness (QED) is 0.721. The Morgan fingerprint density at radius 1 is 1.16 bits per heavy atom. The topological polar surface area (TPSA) is 61.4 Å². The molecule has 1 saturated heterocycles. The number of likely N-dealkylation sites (tertiary alicyclic amines) is 1. The fourth-order valence-electron chi connectivity index (χ4n) is 2.19. The second-order valence-corrected chi connectivity index (χ2v) is 5.16. The molecule has 0 spiro atoms. The van der Waals surface area contributed by atoms with Crippen molar-refractivity contribution in [3.8, 4) is 0 Å². The van der Waals surface area contributed by atoms with Crippen LogP contribution in [0.3, 0.4) is 0 Å². The van der Waals surface area contributed by atoms with Crippen LogP contribution >= 0.6 is 0 Å². The fraction of sp³-hybridized carbons (Fsp3) is 0.857. The van der Waals surface area contributed by atoms with Gasteiger partial charge in [0.05, 0.1) is 6.04 Å². The lowest BCUT2D eigenvalue weighted by Gasteiger charge is -2.27. The Hall–Kier alpha value is -1.10. The minimum Gasteiger partial charge on any atom is -0.355 e. The fourth-order valence-corrected chi connectivity index (χ4v) is 2.19. The van der Waals surface area contributed by atoms with Crippen molar-refractivity contribution >= 4 is 11.8 Å². The minimum absolute atomic E-state index is 0.00673. The average Bonchev–Trinajstić information content (AvgIpc) is 2.45. The van der Waals surface area contributed by atoms with E-state index in [1.54, 1.807) is 0 Å². The van der Waals surface area contributed by atoms with Gasteiger partial charge in [0.2, 0.25) is 11.8 Å². The minimum atomic E-state index is -0.235. The summed E-state index contributed by atoms with van der Waals surface area (Å²) < 4.78 is 0. The molecule has 5 heteroatoms. The van der Waals surface area contributed by atoms with Crippen molar-refractivity contribution in [2.45, 2.75) is 52.0 Å². The zero-order valence-corrected chi connectivity index (χ0v) is 12.2. The molecule has 0 aromatic rings. The molecule has 2 amide bonds. The Bertz CT molecular complexity index is 288. The molecule has 19 heavy (non-hydrogen) atoms. The number of carbonyl (C=O) groups excluding carboxylic acids is 2. The largest absolute Gasteiger partial charge is 0.355 e. The molecule has 1 fully saturated rings. The summed E-state index contributed by atoms with van der Waals surface area (Å²) in [6.45, 7) is 6.91. The Kier molecular flexibility index (Phi) is 7.48. The van der Waals surface area contributed by atoms with E-state index in [0.717, 1.165) is 32.4 Å². The summed E-state index contributed by atoms with van der Waals surface area (Å²) in [4.78, 5) is 25.5. The second kappa shape index (κ2) is 8.91. The van der Waals surface area contributed by atoms with Crippen LogP contribution < -0.4 is 10.6 Å². The molecule has 5 nitrogen and oxygen atoms in total. The van der Waals surface area contributed by atoms with Gasteiger partial charge in [-0.15, -0.1) is 0 Å². The first-order valence-corrected chi connectivity index (χ1v) is 7.44. The van der Waals surface area contributed by atoms with Gasteiger partial charge in [-0.25, -0.2) is 0 Å². The number of nitrogens with one attached hydrogen (secondary N) is 2. The summed E-state index contributed by atoms with van der Waals surface area (Å²) >= 11 is 0. The first kappa shape index (κ1) is 16.0. The second-order valence-electron chi connectivity index (χ2n) is 5.16. The monoisotopic (exact) mass is 269 g/mol. The standard InChI is InChI=1S/C14H27N3O2/c1-3-8-16-14(19)12(2)15-9-7-13(18)17-10-5-4-6-11-17/h12,15H,3-11H2,1-2H3,(H,16,19). The van der Waals surface area contributed by atoms with Gasteiger partial charge in [0.15, 0.2) is 0 Å². The van der Waals surface area contributed by atoms with E-state index in [1.165, 1.54) is 6.42 Å². The van der Waals surface area contributed by atoms with E-state index in [9.17, 15) is 9.59 Å². The molecule has 2 N–H and O–H groups in total. The summed E-state index contributed by atoms with van der Waals surface area (Å²) in [5.74, 6) is 0.209. The van der Waals surface area contributed by atoms with Crippen LogP contribution in [0.5, 0.6) is 0 Å². The van der Waals surface area contributed by atoms with Gasteiger partial charge in [-0.2, -0.15) is 0 Å². The lowest BCUT2D eigenvalue weighted by Crippen LogP contribution is -2.44. The molecule has 1 rings (SSSR count). The Labute approximate surface area is 116 Å². The molecular formula is C14H27N3O2. The van der Waals surface area contributed by atoms with Crippen molar-refractivity contribution < 1.29 is 9.59 Å². The van der Waals surface area contributed by atoms with Crippen molar-refractivity contribution in [2.24, 2.45) is 0 Å². The number of rotatable bonds is 7. The summed E-state index contributed by atoms with van der Waals surface area (Å²) in [6, 6.07) is -0.235. The first-order valence-electron chi connectivity index (χ1n) is 7.44. The predicted molar refractivity (Wildman–Crippen MR) is 75.8 cm³/mol. The molecule has 1 unspecified atom stereocenters. The van der Waals surface area contributed by atoms with Gasteiger partial charge in [-0.1, -0.05) is 6.92 Å². The van der Waals surface area contributed by atoms with Gasteiger partial charge < -0.3 is 15.5 Å². The van der Waals surface area contributed by atoms with Crippen molar-refractivity contribution in [1.29, 1.82) is 0 Å². The Morgan fingerprint density at radius 2 is 1.84 bits per heavy atom. The lowest BCUT2D eigenvalue weighted by atomic mass is 10.1. The maximum absolute atomic E-state index is 11.9. The number of hydrogen-bond donors (Lipinski definition) is 2. The van der Waals surface area contributed by atoms with E-state index < -0.39 is 0 Å². The van der Waals surface area contributed by atoms with Gasteiger partial charge in [-0.05, 0) is 32.6 Å². The van der Waals surface area contributed by atoms with Gasteiger partial charge in [0.25, 0.3) is 0 Å². The van der Waals surface area contributed by atoms with Crippen LogP contribution in [-0.2, 0) is 9.59 Å². The van der Waals surface area contributed by atoms with Crippen molar-refractivity contribution in [3.05, 3.63) is 0 Å². The third kappa shape index (κ3) is 6.05. The SMILES string of the molecule is CCCNC(=O)C(C)NCCC(=O)N1CCCCC1. The molecule has 0 bridgehead atoms. The number of nitrogens with zero attached hydrogens (tertiary/aromatic N) is 1. The van der Waals surface area contributed by atoms with Crippen LogP contribution in [-0.4, -0.2) is 48.9 Å². The van der Waals surface area contributed by atoms with E-state index in [1.807, 2.05) is 18.7 Å². The van der Waals surface area contributed by atoms with E-state index in [0.29, 0.717) is 19.5 Å². The van der Waals surface area contributed by atoms with Crippen LogP contribution in [0.4, 0.5) is 0 Å².